The van der Waals surface area contributed by atoms with Gasteiger partial charge in [0.05, 0.1) is 19.1 Å². The van der Waals surface area contributed by atoms with Crippen molar-refractivity contribution in [2.24, 2.45) is 4.99 Å². The molecule has 4 heteroatoms. The van der Waals surface area contributed by atoms with Gasteiger partial charge >= 0.3 is 0 Å². The van der Waals surface area contributed by atoms with Gasteiger partial charge in [-0.15, -0.1) is 0 Å². The van der Waals surface area contributed by atoms with E-state index < -0.39 is 0 Å². The molecule has 1 aromatic carbocycles. The molecule has 0 atom stereocenters. The van der Waals surface area contributed by atoms with Crippen molar-refractivity contribution in [1.82, 2.24) is 4.90 Å². The van der Waals surface area contributed by atoms with Gasteiger partial charge in [-0.3, -0.25) is 9.38 Å². The van der Waals surface area contributed by atoms with Gasteiger partial charge in [0.15, 0.2) is 0 Å². The van der Waals surface area contributed by atoms with Crippen LogP contribution in [0.15, 0.2) is 33.7 Å². The van der Waals surface area contributed by atoms with E-state index in [2.05, 4.69) is 38.0 Å². The lowest BCUT2D eigenvalue weighted by atomic mass is 10.2. The number of amidine groups is 1. The lowest BCUT2D eigenvalue weighted by Crippen LogP contribution is -2.27. The highest BCUT2D eigenvalue weighted by molar-refractivity contribution is 9.10. The number of nitrogens with zero attached hydrogens (tertiary/aromatic N) is 2. The van der Waals surface area contributed by atoms with Gasteiger partial charge in [-0.25, -0.2) is 0 Å². The standard InChI is InChI=1S/C13H16BrFN2/c14-12-4-1-3-11(9-12)10-17-8-7-16-13(17)5-2-6-15/h1,3-4,9H,2,5-8,10H2. The van der Waals surface area contributed by atoms with E-state index in [9.17, 15) is 4.39 Å². The molecular formula is C13H16BrFN2. The Kier molecular flexibility index (Phi) is 4.54. The fourth-order valence-electron chi connectivity index (χ4n) is 2.02. The van der Waals surface area contributed by atoms with Crippen LogP contribution < -0.4 is 0 Å². The largest absolute Gasteiger partial charge is 0.354 e. The van der Waals surface area contributed by atoms with Crippen LogP contribution in [0.2, 0.25) is 0 Å². The minimum Gasteiger partial charge on any atom is -0.354 e. The highest BCUT2D eigenvalue weighted by Gasteiger charge is 2.16. The summed E-state index contributed by atoms with van der Waals surface area (Å²) in [5.41, 5.74) is 1.26. The Labute approximate surface area is 110 Å². The highest BCUT2D eigenvalue weighted by Crippen LogP contribution is 2.16. The van der Waals surface area contributed by atoms with E-state index in [4.69, 9.17) is 0 Å². The lowest BCUT2D eigenvalue weighted by Gasteiger charge is -2.20. The highest BCUT2D eigenvalue weighted by atomic mass is 79.9. The Bertz CT molecular complexity index is 406. The van der Waals surface area contributed by atoms with Crippen molar-refractivity contribution in [2.45, 2.75) is 19.4 Å². The summed E-state index contributed by atoms with van der Waals surface area (Å²) >= 11 is 3.47. The summed E-state index contributed by atoms with van der Waals surface area (Å²) in [6, 6.07) is 8.28. The van der Waals surface area contributed by atoms with Crippen LogP contribution in [0.1, 0.15) is 18.4 Å². The molecule has 2 rings (SSSR count). The summed E-state index contributed by atoms with van der Waals surface area (Å²) in [6.45, 7) is 2.40. The molecule has 0 saturated heterocycles. The zero-order chi connectivity index (χ0) is 12.1. The maximum atomic E-state index is 12.2. The molecule has 0 amide bonds. The van der Waals surface area contributed by atoms with Crippen LogP contribution >= 0.6 is 15.9 Å². The van der Waals surface area contributed by atoms with E-state index in [-0.39, 0.29) is 6.67 Å². The molecule has 17 heavy (non-hydrogen) atoms. The first kappa shape index (κ1) is 12.6. The van der Waals surface area contributed by atoms with Crippen LogP contribution in [-0.2, 0) is 6.54 Å². The quantitative estimate of drug-likeness (QED) is 0.813. The Morgan fingerprint density at radius 1 is 1.41 bits per heavy atom. The van der Waals surface area contributed by atoms with Crippen LogP contribution in [0, 0.1) is 0 Å². The number of hydrogen-bond acceptors (Lipinski definition) is 2. The molecular weight excluding hydrogens is 283 g/mol. The monoisotopic (exact) mass is 298 g/mol. The van der Waals surface area contributed by atoms with Crippen LogP contribution in [0.3, 0.4) is 0 Å². The molecule has 0 aromatic heterocycles. The van der Waals surface area contributed by atoms with Crippen molar-refractivity contribution < 1.29 is 4.39 Å². The van der Waals surface area contributed by atoms with E-state index in [1.54, 1.807) is 0 Å². The Morgan fingerprint density at radius 2 is 2.29 bits per heavy atom. The van der Waals surface area contributed by atoms with E-state index in [0.29, 0.717) is 6.42 Å². The van der Waals surface area contributed by atoms with E-state index in [1.807, 2.05) is 12.1 Å². The number of halogens is 2. The summed E-state index contributed by atoms with van der Waals surface area (Å²) in [5, 5.41) is 0. The third kappa shape index (κ3) is 3.53. The summed E-state index contributed by atoms with van der Waals surface area (Å²) in [7, 11) is 0. The summed E-state index contributed by atoms with van der Waals surface area (Å²) in [5.74, 6) is 1.06. The summed E-state index contributed by atoms with van der Waals surface area (Å²) in [6.07, 6.45) is 1.33. The van der Waals surface area contributed by atoms with Crippen molar-refractivity contribution >= 4 is 21.8 Å². The molecule has 0 saturated carbocycles. The lowest BCUT2D eigenvalue weighted by molar-refractivity contribution is 0.430. The predicted molar refractivity (Wildman–Crippen MR) is 72.1 cm³/mol. The normalized spacial score (nSPS) is 15.2. The van der Waals surface area contributed by atoms with Gasteiger partial charge in [-0.2, -0.15) is 0 Å². The predicted octanol–water partition coefficient (Wildman–Crippen LogP) is 3.41. The average molecular weight is 299 g/mol. The van der Waals surface area contributed by atoms with E-state index in [1.165, 1.54) is 5.56 Å². The molecule has 92 valence electrons. The van der Waals surface area contributed by atoms with Crippen LogP contribution in [0.25, 0.3) is 0 Å². The molecule has 0 N–H and O–H groups in total. The van der Waals surface area contributed by atoms with Crippen LogP contribution in [0.5, 0.6) is 0 Å². The number of rotatable bonds is 5. The van der Waals surface area contributed by atoms with Gasteiger partial charge < -0.3 is 4.90 Å². The molecule has 0 unspecified atom stereocenters. The third-order valence-corrected chi connectivity index (χ3v) is 3.32. The zero-order valence-electron chi connectivity index (χ0n) is 9.70. The van der Waals surface area contributed by atoms with Crippen molar-refractivity contribution in [3.8, 4) is 0 Å². The van der Waals surface area contributed by atoms with Crippen LogP contribution in [0.4, 0.5) is 4.39 Å². The SMILES string of the molecule is FCCCC1=NCCN1Cc1cccc(Br)c1. The molecule has 0 bridgehead atoms. The number of benzene rings is 1. The topological polar surface area (TPSA) is 15.6 Å². The zero-order valence-corrected chi connectivity index (χ0v) is 11.3. The van der Waals surface area contributed by atoms with Gasteiger partial charge in [0.1, 0.15) is 0 Å². The van der Waals surface area contributed by atoms with Crippen LogP contribution in [-0.4, -0.2) is 30.5 Å². The van der Waals surface area contributed by atoms with Crippen molar-refractivity contribution in [3.05, 3.63) is 34.3 Å². The van der Waals surface area contributed by atoms with Gasteiger partial charge in [-0.1, -0.05) is 28.1 Å². The maximum absolute atomic E-state index is 12.2. The number of alkyl halides is 1. The van der Waals surface area contributed by atoms with Crippen molar-refractivity contribution in [1.29, 1.82) is 0 Å². The first-order valence-corrected chi connectivity index (χ1v) is 6.67. The minimum atomic E-state index is -0.260. The molecule has 1 aliphatic rings. The van der Waals surface area contributed by atoms with Crippen molar-refractivity contribution in [3.63, 3.8) is 0 Å². The second kappa shape index (κ2) is 6.15. The van der Waals surface area contributed by atoms with Gasteiger partial charge in [-0.05, 0) is 24.1 Å². The fraction of sp³-hybridized carbons (Fsp3) is 0.462. The maximum Gasteiger partial charge on any atom is 0.0994 e. The Balaban J connectivity index is 1.96. The molecule has 0 fully saturated rings. The van der Waals surface area contributed by atoms with E-state index >= 15 is 0 Å². The smallest absolute Gasteiger partial charge is 0.0994 e. The molecule has 0 spiro atoms. The molecule has 1 aliphatic heterocycles. The first-order valence-electron chi connectivity index (χ1n) is 5.88. The molecule has 1 aromatic rings. The number of aliphatic imine (C=N–C) groups is 1. The summed E-state index contributed by atoms with van der Waals surface area (Å²) in [4.78, 5) is 6.68. The molecule has 2 nitrogen and oxygen atoms in total. The fourth-order valence-corrected chi connectivity index (χ4v) is 2.46. The summed E-state index contributed by atoms with van der Waals surface area (Å²) < 4.78 is 13.3. The second-order valence-corrected chi connectivity index (χ2v) is 5.06. The van der Waals surface area contributed by atoms with E-state index in [0.717, 1.165) is 36.4 Å². The molecule has 1 heterocycles. The minimum absolute atomic E-state index is 0.260. The number of hydrogen-bond donors (Lipinski definition) is 0. The second-order valence-electron chi connectivity index (χ2n) is 4.14. The molecule has 0 radical (unpaired) electrons. The first-order chi connectivity index (χ1) is 8.29. The average Bonchev–Trinajstić information content (AvgIpc) is 2.74. The van der Waals surface area contributed by atoms with Crippen molar-refractivity contribution in [2.75, 3.05) is 19.8 Å². The van der Waals surface area contributed by atoms with Gasteiger partial charge in [0.25, 0.3) is 0 Å². The van der Waals surface area contributed by atoms with Gasteiger partial charge in [0, 0.05) is 24.0 Å². The Morgan fingerprint density at radius 3 is 3.06 bits per heavy atom. The third-order valence-electron chi connectivity index (χ3n) is 2.83. The molecule has 0 aliphatic carbocycles. The van der Waals surface area contributed by atoms with Gasteiger partial charge in [0.2, 0.25) is 0 Å². The Hall–Kier alpha value is -0.900.